The van der Waals surface area contributed by atoms with Crippen molar-refractivity contribution in [2.45, 2.75) is 71.9 Å². The van der Waals surface area contributed by atoms with Gasteiger partial charge in [-0.2, -0.15) is 0 Å². The van der Waals surface area contributed by atoms with E-state index >= 15 is 0 Å². The first-order valence-electron chi connectivity index (χ1n) is 8.41. The maximum Gasteiger partial charge on any atom is 0.249 e. The Morgan fingerprint density at radius 1 is 1.14 bits per heavy atom. The van der Waals surface area contributed by atoms with Crippen LogP contribution < -0.4 is 5.32 Å². The molecule has 120 valence electrons. The van der Waals surface area contributed by atoms with Crippen LogP contribution in [0.3, 0.4) is 0 Å². The molecule has 1 spiro atoms. The lowest BCUT2D eigenvalue weighted by atomic mass is 9.86. The number of carbonyl (C=O) groups excluding carboxylic acids is 2. The number of amides is 2. The number of piperazine rings is 1. The van der Waals surface area contributed by atoms with Crippen molar-refractivity contribution in [2.75, 3.05) is 6.54 Å². The van der Waals surface area contributed by atoms with Crippen LogP contribution in [0.15, 0.2) is 0 Å². The van der Waals surface area contributed by atoms with Gasteiger partial charge in [-0.05, 0) is 30.6 Å². The molecule has 0 radical (unpaired) electrons. The van der Waals surface area contributed by atoms with Gasteiger partial charge in [0.2, 0.25) is 11.8 Å². The summed E-state index contributed by atoms with van der Waals surface area (Å²) in [7, 11) is 0. The first-order chi connectivity index (χ1) is 9.78. The SMILES string of the molecule is CC(C)C(C)CN1C(=O)C2(CCCC2)NC(=O)C1C(C)C. The summed E-state index contributed by atoms with van der Waals surface area (Å²) >= 11 is 0. The molecule has 2 aliphatic rings. The second-order valence-corrected chi connectivity index (χ2v) is 7.65. The van der Waals surface area contributed by atoms with Gasteiger partial charge in [-0.1, -0.05) is 47.5 Å². The molecule has 0 aromatic heterocycles. The summed E-state index contributed by atoms with van der Waals surface area (Å²) in [6, 6.07) is -0.315. The van der Waals surface area contributed by atoms with Crippen LogP contribution in [-0.4, -0.2) is 34.8 Å². The van der Waals surface area contributed by atoms with Crippen molar-refractivity contribution in [3.8, 4) is 0 Å². The smallest absolute Gasteiger partial charge is 0.249 e. The lowest BCUT2D eigenvalue weighted by molar-refractivity contribution is -0.157. The zero-order valence-corrected chi connectivity index (χ0v) is 14.1. The molecule has 4 nitrogen and oxygen atoms in total. The summed E-state index contributed by atoms with van der Waals surface area (Å²) < 4.78 is 0. The van der Waals surface area contributed by atoms with Crippen molar-refractivity contribution in [1.82, 2.24) is 10.2 Å². The molecule has 21 heavy (non-hydrogen) atoms. The van der Waals surface area contributed by atoms with Crippen LogP contribution in [0.25, 0.3) is 0 Å². The van der Waals surface area contributed by atoms with Crippen molar-refractivity contribution in [1.29, 1.82) is 0 Å². The maximum atomic E-state index is 13.1. The Balaban J connectivity index is 2.28. The standard InChI is InChI=1S/C17H30N2O2/c1-11(2)13(5)10-19-14(12(3)4)15(20)18-17(16(19)21)8-6-7-9-17/h11-14H,6-10H2,1-5H3,(H,18,20). The van der Waals surface area contributed by atoms with Gasteiger partial charge in [-0.15, -0.1) is 0 Å². The molecule has 0 aromatic carbocycles. The average molecular weight is 294 g/mol. The Labute approximate surface area is 128 Å². The van der Waals surface area contributed by atoms with E-state index in [0.29, 0.717) is 18.4 Å². The summed E-state index contributed by atoms with van der Waals surface area (Å²) in [4.78, 5) is 27.6. The van der Waals surface area contributed by atoms with Gasteiger partial charge in [0.25, 0.3) is 0 Å². The van der Waals surface area contributed by atoms with Gasteiger partial charge < -0.3 is 10.2 Å². The molecule has 2 atom stereocenters. The Bertz CT molecular complexity index is 411. The van der Waals surface area contributed by atoms with Crippen molar-refractivity contribution in [2.24, 2.45) is 17.8 Å². The van der Waals surface area contributed by atoms with Crippen LogP contribution in [0, 0.1) is 17.8 Å². The molecule has 1 saturated heterocycles. The van der Waals surface area contributed by atoms with Crippen molar-refractivity contribution in [3.63, 3.8) is 0 Å². The first kappa shape index (κ1) is 16.3. The van der Waals surface area contributed by atoms with Gasteiger partial charge in [0.1, 0.15) is 11.6 Å². The number of hydrogen-bond acceptors (Lipinski definition) is 2. The fourth-order valence-electron chi connectivity index (χ4n) is 3.60. The van der Waals surface area contributed by atoms with Crippen LogP contribution in [0.1, 0.15) is 60.3 Å². The lowest BCUT2D eigenvalue weighted by Crippen LogP contribution is -2.71. The monoisotopic (exact) mass is 294 g/mol. The highest BCUT2D eigenvalue weighted by molar-refractivity contribution is 6.00. The molecule has 1 aliphatic carbocycles. The summed E-state index contributed by atoms with van der Waals surface area (Å²) in [5, 5.41) is 3.08. The second kappa shape index (κ2) is 5.98. The van der Waals surface area contributed by atoms with E-state index in [1.807, 2.05) is 18.7 Å². The Hall–Kier alpha value is -1.06. The van der Waals surface area contributed by atoms with Gasteiger partial charge in [0, 0.05) is 6.54 Å². The largest absolute Gasteiger partial charge is 0.340 e. The van der Waals surface area contributed by atoms with Crippen LogP contribution in [0.5, 0.6) is 0 Å². The highest BCUT2D eigenvalue weighted by Gasteiger charge is 2.52. The lowest BCUT2D eigenvalue weighted by Gasteiger charge is -2.47. The van der Waals surface area contributed by atoms with Gasteiger partial charge in [-0.25, -0.2) is 0 Å². The second-order valence-electron chi connectivity index (χ2n) is 7.65. The number of rotatable bonds is 4. The number of nitrogens with zero attached hydrogens (tertiary/aromatic N) is 1. The highest BCUT2D eigenvalue weighted by atomic mass is 16.2. The molecule has 2 fully saturated rings. The molecule has 0 bridgehead atoms. The van der Waals surface area contributed by atoms with Crippen LogP contribution in [0.2, 0.25) is 0 Å². The first-order valence-corrected chi connectivity index (χ1v) is 8.41. The average Bonchev–Trinajstić information content (AvgIpc) is 2.84. The van der Waals surface area contributed by atoms with Gasteiger partial charge >= 0.3 is 0 Å². The normalized spacial score (nSPS) is 26.8. The third kappa shape index (κ3) is 2.95. The topological polar surface area (TPSA) is 49.4 Å². The fraction of sp³-hybridized carbons (Fsp3) is 0.882. The number of hydrogen-bond donors (Lipinski definition) is 1. The van der Waals surface area contributed by atoms with Crippen LogP contribution >= 0.6 is 0 Å². The Morgan fingerprint density at radius 2 is 1.71 bits per heavy atom. The summed E-state index contributed by atoms with van der Waals surface area (Å²) in [5.74, 6) is 1.26. The highest BCUT2D eigenvalue weighted by Crippen LogP contribution is 2.36. The predicted octanol–water partition coefficient (Wildman–Crippen LogP) is 2.57. The molecular formula is C17H30N2O2. The quantitative estimate of drug-likeness (QED) is 0.866. The molecule has 1 aliphatic heterocycles. The Kier molecular flexibility index (Phi) is 4.64. The predicted molar refractivity (Wildman–Crippen MR) is 83.7 cm³/mol. The molecule has 2 amide bonds. The third-order valence-electron chi connectivity index (χ3n) is 5.35. The van der Waals surface area contributed by atoms with Gasteiger partial charge in [0.15, 0.2) is 0 Å². The number of nitrogens with one attached hydrogen (secondary N) is 1. The molecule has 0 aromatic rings. The molecule has 1 N–H and O–H groups in total. The summed E-state index contributed by atoms with van der Waals surface area (Å²) in [6.07, 6.45) is 3.67. The maximum absolute atomic E-state index is 13.1. The molecule has 1 saturated carbocycles. The number of carbonyl (C=O) groups is 2. The fourth-order valence-corrected chi connectivity index (χ4v) is 3.60. The van der Waals surface area contributed by atoms with Crippen LogP contribution in [-0.2, 0) is 9.59 Å². The van der Waals surface area contributed by atoms with E-state index in [9.17, 15) is 9.59 Å². The minimum Gasteiger partial charge on any atom is -0.340 e. The molecule has 4 heteroatoms. The zero-order chi connectivity index (χ0) is 15.8. The van der Waals surface area contributed by atoms with Crippen molar-refractivity contribution >= 4 is 11.8 Å². The van der Waals surface area contributed by atoms with Gasteiger partial charge in [-0.3, -0.25) is 9.59 Å². The van der Waals surface area contributed by atoms with E-state index in [-0.39, 0.29) is 23.8 Å². The minimum atomic E-state index is -0.598. The van der Waals surface area contributed by atoms with Crippen LogP contribution in [0.4, 0.5) is 0 Å². The molecule has 2 unspecified atom stereocenters. The molecule has 2 rings (SSSR count). The third-order valence-corrected chi connectivity index (χ3v) is 5.35. The van der Waals surface area contributed by atoms with Gasteiger partial charge in [0.05, 0.1) is 0 Å². The summed E-state index contributed by atoms with van der Waals surface area (Å²) in [6.45, 7) is 11.3. The summed E-state index contributed by atoms with van der Waals surface area (Å²) in [5.41, 5.74) is -0.598. The van der Waals surface area contributed by atoms with E-state index < -0.39 is 5.54 Å². The zero-order valence-electron chi connectivity index (χ0n) is 14.1. The minimum absolute atomic E-state index is 0.0439. The van der Waals surface area contributed by atoms with Crippen molar-refractivity contribution < 1.29 is 9.59 Å². The molecular weight excluding hydrogens is 264 g/mol. The van der Waals surface area contributed by atoms with E-state index in [2.05, 4.69) is 26.1 Å². The van der Waals surface area contributed by atoms with E-state index in [4.69, 9.17) is 0 Å². The van der Waals surface area contributed by atoms with E-state index in [0.717, 1.165) is 25.7 Å². The Morgan fingerprint density at radius 3 is 2.19 bits per heavy atom. The van der Waals surface area contributed by atoms with E-state index in [1.54, 1.807) is 0 Å². The molecule has 1 heterocycles. The van der Waals surface area contributed by atoms with E-state index in [1.165, 1.54) is 0 Å². The van der Waals surface area contributed by atoms with Crippen molar-refractivity contribution in [3.05, 3.63) is 0 Å².